The molecule has 4 rings (SSSR count). The van der Waals surface area contributed by atoms with E-state index in [-0.39, 0.29) is 30.1 Å². The summed E-state index contributed by atoms with van der Waals surface area (Å²) >= 11 is 0. The molecule has 0 saturated carbocycles. The molecule has 1 heterocycles. The zero-order chi connectivity index (χ0) is 21.8. The van der Waals surface area contributed by atoms with Gasteiger partial charge in [-0.05, 0) is 55.0 Å². The van der Waals surface area contributed by atoms with Crippen molar-refractivity contribution in [1.29, 1.82) is 0 Å². The molecule has 7 heteroatoms. The molecule has 3 aromatic rings. The number of ether oxygens (including phenoxy) is 2. The van der Waals surface area contributed by atoms with Crippen LogP contribution in [-0.4, -0.2) is 37.4 Å². The number of carbonyl (C=O) groups is 1. The number of benzene rings is 3. The first kappa shape index (κ1) is 23.4. The maximum absolute atomic E-state index is 11.4. The van der Waals surface area contributed by atoms with Crippen LogP contribution in [0.15, 0.2) is 72.8 Å². The standard InChI is InChI=1S/C25H26N2O4.ClH/c1-17(18-7-6-10-21(14-18)30-2)26-15-22-16-27(23-11-3-4-12-24(23)31-22)20-9-5-8-19(13-20)25(28)29;/h3-14,17,22,26H,15-16H2,1-2H3,(H,28,29);1H/t17-,22?;/m1./s1. The van der Waals surface area contributed by atoms with Crippen LogP contribution >= 0.6 is 12.4 Å². The second kappa shape index (κ2) is 10.4. The zero-order valence-corrected chi connectivity index (χ0v) is 18.8. The molecule has 3 aromatic carbocycles. The number of methoxy groups -OCH3 is 1. The summed E-state index contributed by atoms with van der Waals surface area (Å²) in [7, 11) is 1.67. The lowest BCUT2D eigenvalue weighted by atomic mass is 10.1. The minimum Gasteiger partial charge on any atom is -0.497 e. The summed E-state index contributed by atoms with van der Waals surface area (Å²) in [6.07, 6.45) is -0.101. The van der Waals surface area contributed by atoms with Crippen molar-refractivity contribution in [3.05, 3.63) is 83.9 Å². The van der Waals surface area contributed by atoms with Gasteiger partial charge in [0.1, 0.15) is 17.6 Å². The highest BCUT2D eigenvalue weighted by Gasteiger charge is 2.27. The predicted molar refractivity (Wildman–Crippen MR) is 128 cm³/mol. The Morgan fingerprint density at radius 1 is 1.16 bits per heavy atom. The minimum absolute atomic E-state index is 0. The molecule has 32 heavy (non-hydrogen) atoms. The molecule has 1 aliphatic heterocycles. The highest BCUT2D eigenvalue weighted by Crippen LogP contribution is 2.38. The van der Waals surface area contributed by atoms with Gasteiger partial charge in [0.2, 0.25) is 0 Å². The van der Waals surface area contributed by atoms with Crippen molar-refractivity contribution in [2.45, 2.75) is 19.1 Å². The largest absolute Gasteiger partial charge is 0.497 e. The Kier molecular flexibility index (Phi) is 7.62. The molecule has 168 valence electrons. The number of fused-ring (bicyclic) bond motifs is 1. The van der Waals surface area contributed by atoms with Gasteiger partial charge in [0.15, 0.2) is 0 Å². The summed E-state index contributed by atoms with van der Waals surface area (Å²) in [5, 5.41) is 12.9. The Morgan fingerprint density at radius 2 is 1.94 bits per heavy atom. The van der Waals surface area contributed by atoms with Crippen LogP contribution in [0, 0.1) is 0 Å². The van der Waals surface area contributed by atoms with Gasteiger partial charge in [-0.2, -0.15) is 0 Å². The number of carboxylic acid groups (broad SMARTS) is 1. The van der Waals surface area contributed by atoms with Gasteiger partial charge in [0.05, 0.1) is 24.9 Å². The van der Waals surface area contributed by atoms with Gasteiger partial charge in [-0.1, -0.05) is 30.3 Å². The van der Waals surface area contributed by atoms with Crippen molar-refractivity contribution in [3.63, 3.8) is 0 Å². The molecule has 0 aromatic heterocycles. The topological polar surface area (TPSA) is 71.0 Å². The molecule has 0 amide bonds. The molecule has 0 aliphatic carbocycles. The summed E-state index contributed by atoms with van der Waals surface area (Å²) in [5.74, 6) is 0.683. The quantitative estimate of drug-likeness (QED) is 0.519. The third kappa shape index (κ3) is 5.15. The van der Waals surface area contributed by atoms with Gasteiger partial charge < -0.3 is 24.8 Å². The van der Waals surface area contributed by atoms with E-state index in [1.807, 2.05) is 48.5 Å². The molecule has 0 saturated heterocycles. The van der Waals surface area contributed by atoms with Crippen LogP contribution in [0.2, 0.25) is 0 Å². The average Bonchev–Trinajstić information content (AvgIpc) is 2.82. The summed E-state index contributed by atoms with van der Waals surface area (Å²) < 4.78 is 11.6. The number of nitrogens with zero attached hydrogens (tertiary/aromatic N) is 1. The molecule has 0 radical (unpaired) electrons. The summed E-state index contributed by atoms with van der Waals surface area (Å²) in [6.45, 7) is 3.36. The summed E-state index contributed by atoms with van der Waals surface area (Å²) in [4.78, 5) is 13.6. The van der Waals surface area contributed by atoms with Crippen LogP contribution in [0.25, 0.3) is 0 Å². The Hall–Kier alpha value is -3.22. The highest BCUT2D eigenvalue weighted by atomic mass is 35.5. The molecular weight excluding hydrogens is 428 g/mol. The van der Waals surface area contributed by atoms with Crippen molar-refractivity contribution in [2.24, 2.45) is 0 Å². The molecule has 1 aliphatic rings. The maximum atomic E-state index is 11.4. The second-order valence-corrected chi connectivity index (χ2v) is 7.58. The van der Waals surface area contributed by atoms with Crippen LogP contribution in [0.1, 0.15) is 28.9 Å². The van der Waals surface area contributed by atoms with E-state index >= 15 is 0 Å². The lowest BCUT2D eigenvalue weighted by Gasteiger charge is -2.37. The molecule has 1 unspecified atom stereocenters. The Balaban J connectivity index is 0.00000289. The van der Waals surface area contributed by atoms with Gasteiger partial charge in [0.25, 0.3) is 0 Å². The van der Waals surface area contributed by atoms with Crippen molar-refractivity contribution in [2.75, 3.05) is 25.1 Å². The maximum Gasteiger partial charge on any atom is 0.335 e. The number of rotatable bonds is 7. The average molecular weight is 455 g/mol. The number of para-hydroxylation sites is 2. The normalized spacial score (nSPS) is 15.7. The number of anilines is 2. The number of nitrogens with one attached hydrogen (secondary N) is 1. The lowest BCUT2D eigenvalue weighted by molar-refractivity contribution is 0.0697. The number of aromatic carboxylic acids is 1. The van der Waals surface area contributed by atoms with Crippen LogP contribution in [0.3, 0.4) is 0 Å². The first-order valence-electron chi connectivity index (χ1n) is 10.3. The van der Waals surface area contributed by atoms with Crippen molar-refractivity contribution < 1.29 is 19.4 Å². The number of carboxylic acids is 1. The molecule has 2 atom stereocenters. The molecule has 0 spiro atoms. The van der Waals surface area contributed by atoms with E-state index < -0.39 is 5.97 Å². The van der Waals surface area contributed by atoms with Gasteiger partial charge in [-0.3, -0.25) is 0 Å². The van der Waals surface area contributed by atoms with Gasteiger partial charge in [0, 0.05) is 18.3 Å². The first-order valence-corrected chi connectivity index (χ1v) is 10.3. The van der Waals surface area contributed by atoms with Crippen LogP contribution in [-0.2, 0) is 0 Å². The Bertz CT molecular complexity index is 1080. The van der Waals surface area contributed by atoms with Crippen LogP contribution in [0.4, 0.5) is 11.4 Å². The summed E-state index contributed by atoms with van der Waals surface area (Å²) in [6, 6.07) is 23.0. The molecular formula is C25H27ClN2O4. The van der Waals surface area contributed by atoms with Crippen molar-refractivity contribution in [1.82, 2.24) is 5.32 Å². The highest BCUT2D eigenvalue weighted by molar-refractivity contribution is 5.89. The van der Waals surface area contributed by atoms with Gasteiger partial charge in [-0.15, -0.1) is 12.4 Å². The minimum atomic E-state index is -0.936. The Morgan fingerprint density at radius 3 is 2.72 bits per heavy atom. The smallest absolute Gasteiger partial charge is 0.335 e. The summed E-state index contributed by atoms with van der Waals surface area (Å²) in [5.41, 5.74) is 3.17. The lowest BCUT2D eigenvalue weighted by Crippen LogP contribution is -2.44. The number of halogens is 1. The first-order chi connectivity index (χ1) is 15.0. The SMILES string of the molecule is COc1cccc([C@@H](C)NCC2CN(c3cccc(C(=O)O)c3)c3ccccc3O2)c1.Cl. The van der Waals surface area contributed by atoms with E-state index in [0.29, 0.717) is 13.1 Å². The third-order valence-electron chi connectivity index (χ3n) is 5.49. The number of hydrogen-bond donors (Lipinski definition) is 2. The third-order valence-corrected chi connectivity index (χ3v) is 5.49. The van der Waals surface area contributed by atoms with E-state index in [0.717, 1.165) is 28.4 Å². The molecule has 0 fully saturated rings. The Labute approximate surface area is 194 Å². The van der Waals surface area contributed by atoms with E-state index in [1.165, 1.54) is 0 Å². The van der Waals surface area contributed by atoms with Crippen molar-refractivity contribution >= 4 is 29.8 Å². The predicted octanol–water partition coefficient (Wildman–Crippen LogP) is 5.07. The van der Waals surface area contributed by atoms with Gasteiger partial charge >= 0.3 is 5.97 Å². The molecule has 0 bridgehead atoms. The molecule has 2 N–H and O–H groups in total. The van der Waals surface area contributed by atoms with Crippen LogP contribution < -0.4 is 19.7 Å². The fourth-order valence-corrected chi connectivity index (χ4v) is 3.79. The van der Waals surface area contributed by atoms with Crippen LogP contribution in [0.5, 0.6) is 11.5 Å². The van der Waals surface area contributed by atoms with Gasteiger partial charge in [-0.25, -0.2) is 4.79 Å². The fourth-order valence-electron chi connectivity index (χ4n) is 3.79. The fraction of sp³-hybridized carbons (Fsp3) is 0.240. The monoisotopic (exact) mass is 454 g/mol. The van der Waals surface area contributed by atoms with E-state index in [2.05, 4.69) is 23.2 Å². The van der Waals surface area contributed by atoms with E-state index in [1.54, 1.807) is 25.3 Å². The van der Waals surface area contributed by atoms with E-state index in [4.69, 9.17) is 9.47 Å². The number of hydrogen-bond acceptors (Lipinski definition) is 5. The molecule has 6 nitrogen and oxygen atoms in total. The van der Waals surface area contributed by atoms with E-state index in [9.17, 15) is 9.90 Å². The van der Waals surface area contributed by atoms with Crippen molar-refractivity contribution in [3.8, 4) is 11.5 Å². The zero-order valence-electron chi connectivity index (χ0n) is 18.0. The second-order valence-electron chi connectivity index (χ2n) is 7.58.